The molecule has 0 radical (unpaired) electrons. The van der Waals surface area contributed by atoms with Crippen LogP contribution in [0.2, 0.25) is 0 Å². The number of aromatic nitrogens is 1. The molecule has 154 valence electrons. The quantitative estimate of drug-likeness (QED) is 0.722. The van der Waals surface area contributed by atoms with Gasteiger partial charge in [0.05, 0.1) is 36.3 Å². The van der Waals surface area contributed by atoms with Crippen molar-refractivity contribution in [3.63, 3.8) is 0 Å². The molecule has 1 aliphatic heterocycles. The number of carbonyl (C=O) groups excluding carboxylic acids is 2. The van der Waals surface area contributed by atoms with E-state index in [1.807, 2.05) is 24.3 Å². The molecule has 7 heteroatoms. The van der Waals surface area contributed by atoms with E-state index in [1.54, 1.807) is 30.1 Å². The maximum absolute atomic E-state index is 13.1. The van der Waals surface area contributed by atoms with Gasteiger partial charge >= 0.3 is 0 Å². The number of hydrogen-bond acceptors (Lipinski definition) is 4. The number of halogens is 1. The second kappa shape index (κ2) is 8.59. The Labute approximate surface area is 173 Å². The van der Waals surface area contributed by atoms with Crippen molar-refractivity contribution in [1.29, 1.82) is 0 Å². The molecule has 2 amide bonds. The molecule has 30 heavy (non-hydrogen) atoms. The van der Waals surface area contributed by atoms with Gasteiger partial charge in [-0.25, -0.2) is 9.37 Å². The number of pyridine rings is 1. The van der Waals surface area contributed by atoms with Crippen LogP contribution >= 0.6 is 0 Å². The topological polar surface area (TPSA) is 71.5 Å². The predicted octanol–water partition coefficient (Wildman–Crippen LogP) is 2.88. The number of hydrogen-bond donors (Lipinski definition) is 1. The number of rotatable bonds is 4. The fourth-order valence-electron chi connectivity index (χ4n) is 3.63. The molecule has 2 heterocycles. The summed E-state index contributed by atoms with van der Waals surface area (Å²) in [6, 6.07) is 15.1. The molecule has 0 spiro atoms. The summed E-state index contributed by atoms with van der Waals surface area (Å²) in [6.07, 6.45) is -0.231. The van der Waals surface area contributed by atoms with Crippen molar-refractivity contribution in [1.82, 2.24) is 15.2 Å². The van der Waals surface area contributed by atoms with Crippen molar-refractivity contribution < 1.29 is 18.7 Å². The van der Waals surface area contributed by atoms with Gasteiger partial charge in [0.25, 0.3) is 5.91 Å². The van der Waals surface area contributed by atoms with Crippen LogP contribution in [0.1, 0.15) is 27.7 Å². The van der Waals surface area contributed by atoms with Crippen LogP contribution in [0, 0.1) is 5.82 Å². The van der Waals surface area contributed by atoms with Gasteiger partial charge in [-0.1, -0.05) is 30.3 Å². The number of ether oxygens (including phenoxy) is 1. The maximum atomic E-state index is 13.1. The van der Waals surface area contributed by atoms with Crippen LogP contribution in [-0.2, 0) is 16.0 Å². The van der Waals surface area contributed by atoms with Crippen molar-refractivity contribution in [2.24, 2.45) is 0 Å². The number of amides is 2. The van der Waals surface area contributed by atoms with E-state index in [-0.39, 0.29) is 24.1 Å². The number of fused-ring (bicyclic) bond motifs is 1. The molecule has 1 fully saturated rings. The van der Waals surface area contributed by atoms with E-state index in [1.165, 1.54) is 12.1 Å². The summed E-state index contributed by atoms with van der Waals surface area (Å²) in [6.45, 7) is 1.20. The minimum atomic E-state index is -0.427. The average Bonchev–Trinajstić information content (AvgIpc) is 2.79. The molecule has 4 rings (SSSR count). The van der Waals surface area contributed by atoms with Crippen molar-refractivity contribution in [2.45, 2.75) is 12.5 Å². The number of para-hydroxylation sites is 1. The molecule has 0 aliphatic carbocycles. The lowest BCUT2D eigenvalue weighted by atomic mass is 10.0. The van der Waals surface area contributed by atoms with Gasteiger partial charge in [-0.3, -0.25) is 9.59 Å². The molecule has 1 aliphatic rings. The van der Waals surface area contributed by atoms with Crippen LogP contribution in [0.5, 0.6) is 0 Å². The minimum absolute atomic E-state index is 0.0535. The van der Waals surface area contributed by atoms with Crippen molar-refractivity contribution in [2.75, 3.05) is 26.7 Å². The van der Waals surface area contributed by atoms with Crippen LogP contribution in [0.25, 0.3) is 10.9 Å². The van der Waals surface area contributed by atoms with Crippen LogP contribution in [0.15, 0.2) is 54.6 Å². The van der Waals surface area contributed by atoms with Gasteiger partial charge < -0.3 is 15.0 Å². The Morgan fingerprint density at radius 1 is 1.20 bits per heavy atom. The highest BCUT2D eigenvalue weighted by Gasteiger charge is 2.27. The molecular weight excluding hydrogens is 385 g/mol. The highest BCUT2D eigenvalue weighted by Crippen LogP contribution is 2.26. The Bertz CT molecular complexity index is 1080. The third-order valence-corrected chi connectivity index (χ3v) is 5.23. The highest BCUT2D eigenvalue weighted by molar-refractivity contribution is 6.06. The lowest BCUT2D eigenvalue weighted by molar-refractivity contribution is -0.138. The van der Waals surface area contributed by atoms with E-state index >= 15 is 0 Å². The summed E-state index contributed by atoms with van der Waals surface area (Å²) in [7, 11) is 1.59. The van der Waals surface area contributed by atoms with E-state index in [0.29, 0.717) is 36.5 Å². The summed E-state index contributed by atoms with van der Waals surface area (Å²) < 4.78 is 19.0. The molecule has 0 unspecified atom stereocenters. The van der Waals surface area contributed by atoms with Crippen LogP contribution in [0.3, 0.4) is 0 Å². The Morgan fingerprint density at radius 2 is 1.97 bits per heavy atom. The molecule has 0 bridgehead atoms. The first kappa shape index (κ1) is 20.0. The molecule has 2 aromatic carbocycles. The molecule has 1 aromatic heterocycles. The van der Waals surface area contributed by atoms with Crippen molar-refractivity contribution in [3.8, 4) is 0 Å². The number of nitrogens with one attached hydrogen (secondary N) is 1. The van der Waals surface area contributed by atoms with Crippen LogP contribution in [-0.4, -0.2) is 48.4 Å². The number of nitrogens with zero attached hydrogens (tertiary/aromatic N) is 2. The van der Waals surface area contributed by atoms with Crippen molar-refractivity contribution >= 4 is 22.7 Å². The summed E-state index contributed by atoms with van der Waals surface area (Å²) in [5.41, 5.74) is 2.60. The smallest absolute Gasteiger partial charge is 0.251 e. The zero-order chi connectivity index (χ0) is 21.1. The molecule has 3 aromatic rings. The fourth-order valence-corrected chi connectivity index (χ4v) is 3.63. The Hall–Kier alpha value is -3.32. The highest BCUT2D eigenvalue weighted by atomic mass is 19.1. The minimum Gasteiger partial charge on any atom is -0.368 e. The zero-order valence-corrected chi connectivity index (χ0v) is 16.6. The Morgan fingerprint density at radius 3 is 2.73 bits per heavy atom. The zero-order valence-electron chi connectivity index (χ0n) is 16.6. The van der Waals surface area contributed by atoms with Gasteiger partial charge in [-0.05, 0) is 29.8 Å². The van der Waals surface area contributed by atoms with Gasteiger partial charge in [-0.15, -0.1) is 0 Å². The second-order valence-corrected chi connectivity index (χ2v) is 7.19. The standard InChI is InChI=1S/C23H22FN3O3/c1-25-23(29)18-13-20(26-19-5-3-2-4-17(18)19)21-14-27(10-11-30-21)22(28)12-15-6-8-16(24)9-7-15/h2-9,13,21H,10-12,14H2,1H3,(H,25,29)/t21-/m0/s1. The normalized spacial score (nSPS) is 16.5. The van der Waals surface area contributed by atoms with Gasteiger partial charge in [0.1, 0.15) is 11.9 Å². The summed E-state index contributed by atoms with van der Waals surface area (Å²) in [5.74, 6) is -0.580. The van der Waals surface area contributed by atoms with Crippen molar-refractivity contribution in [3.05, 3.63) is 77.2 Å². The lowest BCUT2D eigenvalue weighted by Gasteiger charge is -2.33. The predicted molar refractivity (Wildman–Crippen MR) is 111 cm³/mol. The molecule has 1 saturated heterocycles. The Balaban J connectivity index is 1.57. The summed E-state index contributed by atoms with van der Waals surface area (Å²) in [4.78, 5) is 31.6. The van der Waals surface area contributed by atoms with E-state index in [0.717, 1.165) is 10.9 Å². The fraction of sp³-hybridized carbons (Fsp3) is 0.261. The Kier molecular flexibility index (Phi) is 5.72. The summed E-state index contributed by atoms with van der Waals surface area (Å²) in [5, 5.41) is 3.43. The van der Waals surface area contributed by atoms with E-state index in [4.69, 9.17) is 4.74 Å². The monoisotopic (exact) mass is 407 g/mol. The lowest BCUT2D eigenvalue weighted by Crippen LogP contribution is -2.43. The third-order valence-electron chi connectivity index (χ3n) is 5.23. The number of morpholine rings is 1. The van der Waals surface area contributed by atoms with Crippen LogP contribution < -0.4 is 5.32 Å². The third kappa shape index (κ3) is 4.16. The van der Waals surface area contributed by atoms with Gasteiger partial charge in [0.2, 0.25) is 5.91 Å². The first-order valence-corrected chi connectivity index (χ1v) is 9.80. The molecule has 6 nitrogen and oxygen atoms in total. The van der Waals surface area contributed by atoms with E-state index in [9.17, 15) is 14.0 Å². The molecular formula is C23H22FN3O3. The maximum Gasteiger partial charge on any atom is 0.251 e. The first-order chi connectivity index (χ1) is 14.5. The summed E-state index contributed by atoms with van der Waals surface area (Å²) >= 11 is 0. The largest absolute Gasteiger partial charge is 0.368 e. The van der Waals surface area contributed by atoms with E-state index < -0.39 is 6.10 Å². The SMILES string of the molecule is CNC(=O)c1cc([C@@H]2CN(C(=O)Cc3ccc(F)cc3)CCO2)nc2ccccc12. The van der Waals surface area contributed by atoms with Gasteiger partial charge in [-0.2, -0.15) is 0 Å². The van der Waals surface area contributed by atoms with E-state index in [2.05, 4.69) is 10.3 Å². The molecule has 0 saturated carbocycles. The van der Waals surface area contributed by atoms with Crippen LogP contribution in [0.4, 0.5) is 4.39 Å². The van der Waals surface area contributed by atoms with Gasteiger partial charge in [0.15, 0.2) is 0 Å². The average molecular weight is 407 g/mol. The second-order valence-electron chi connectivity index (χ2n) is 7.19. The number of carbonyl (C=O) groups is 2. The first-order valence-electron chi connectivity index (χ1n) is 9.80. The molecule has 1 N–H and O–H groups in total. The number of benzene rings is 2. The molecule has 1 atom stereocenters. The van der Waals surface area contributed by atoms with Gasteiger partial charge in [0, 0.05) is 19.0 Å².